The number of nitrogens with zero attached hydrogens (tertiary/aromatic N) is 1. The average molecular weight is 410 g/mol. The second-order valence-electron chi connectivity index (χ2n) is 6.53. The molecular formula is C22H13Cl2NOS. The van der Waals surface area contributed by atoms with Gasteiger partial charge in [-0.2, -0.15) is 0 Å². The van der Waals surface area contributed by atoms with Gasteiger partial charge in [-0.25, -0.2) is 0 Å². The highest BCUT2D eigenvalue weighted by atomic mass is 35.5. The molecule has 0 bridgehead atoms. The van der Waals surface area contributed by atoms with Crippen LogP contribution in [0.15, 0.2) is 76.6 Å². The Morgan fingerprint density at radius 3 is 2.44 bits per heavy atom. The van der Waals surface area contributed by atoms with Gasteiger partial charge in [-0.15, -0.1) is 11.8 Å². The number of rotatable bonds is 1. The summed E-state index contributed by atoms with van der Waals surface area (Å²) >= 11 is 14.5. The van der Waals surface area contributed by atoms with Crippen molar-refractivity contribution < 1.29 is 4.79 Å². The summed E-state index contributed by atoms with van der Waals surface area (Å²) in [6, 6.07) is 21.3. The van der Waals surface area contributed by atoms with E-state index in [1.165, 1.54) is 0 Å². The highest BCUT2D eigenvalue weighted by Gasteiger charge is 2.44. The van der Waals surface area contributed by atoms with Gasteiger partial charge in [-0.05, 0) is 23.8 Å². The maximum Gasteiger partial charge on any atom is 0.174 e. The minimum atomic E-state index is -0.393. The molecule has 3 aromatic rings. The molecule has 0 N–H and O–H groups in total. The van der Waals surface area contributed by atoms with Crippen molar-refractivity contribution in [3.8, 4) is 0 Å². The summed E-state index contributed by atoms with van der Waals surface area (Å²) in [6.45, 7) is 0. The smallest absolute Gasteiger partial charge is 0.174 e. The number of para-hydroxylation sites is 1. The lowest BCUT2D eigenvalue weighted by Gasteiger charge is -2.22. The second kappa shape index (κ2) is 6.52. The number of benzene rings is 3. The van der Waals surface area contributed by atoms with Crippen LogP contribution in [-0.4, -0.2) is 11.5 Å². The Labute approximate surface area is 171 Å². The topological polar surface area (TPSA) is 29.4 Å². The molecular weight excluding hydrogens is 397 g/mol. The van der Waals surface area contributed by atoms with Crippen molar-refractivity contribution in [1.82, 2.24) is 0 Å². The molecule has 27 heavy (non-hydrogen) atoms. The van der Waals surface area contributed by atoms with Crippen LogP contribution in [0.3, 0.4) is 0 Å². The predicted molar refractivity (Wildman–Crippen MR) is 112 cm³/mol. The van der Waals surface area contributed by atoms with E-state index in [0.29, 0.717) is 10.0 Å². The third-order valence-corrected chi connectivity index (χ3v) is 7.21. The predicted octanol–water partition coefficient (Wildman–Crippen LogP) is 6.77. The van der Waals surface area contributed by atoms with Crippen molar-refractivity contribution in [2.24, 2.45) is 10.9 Å². The highest BCUT2D eigenvalue weighted by molar-refractivity contribution is 7.99. The second-order valence-corrected chi connectivity index (χ2v) is 8.50. The zero-order valence-corrected chi connectivity index (χ0v) is 16.4. The first-order valence-corrected chi connectivity index (χ1v) is 10.2. The van der Waals surface area contributed by atoms with E-state index in [1.54, 1.807) is 17.8 Å². The summed E-state index contributed by atoms with van der Waals surface area (Å²) in [5, 5.41) is 0.798. The minimum Gasteiger partial charge on any atom is -0.293 e. The van der Waals surface area contributed by atoms with Crippen molar-refractivity contribution in [2.45, 2.75) is 10.1 Å². The van der Waals surface area contributed by atoms with E-state index in [-0.39, 0.29) is 11.0 Å². The lowest BCUT2D eigenvalue weighted by atomic mass is 9.93. The molecule has 0 aromatic heterocycles. The monoisotopic (exact) mass is 409 g/mol. The third-order valence-electron chi connectivity index (χ3n) is 5.00. The fourth-order valence-electron chi connectivity index (χ4n) is 3.76. The van der Waals surface area contributed by atoms with E-state index >= 15 is 0 Å². The zero-order valence-electron chi connectivity index (χ0n) is 14.0. The van der Waals surface area contributed by atoms with Gasteiger partial charge >= 0.3 is 0 Å². The Balaban J connectivity index is 1.78. The van der Waals surface area contributed by atoms with Crippen molar-refractivity contribution >= 4 is 52.1 Å². The quantitative estimate of drug-likeness (QED) is 0.443. The molecule has 2 atom stereocenters. The van der Waals surface area contributed by atoms with Crippen LogP contribution in [0.25, 0.3) is 0 Å². The molecule has 0 amide bonds. The van der Waals surface area contributed by atoms with Crippen LogP contribution in [0, 0.1) is 5.92 Å². The molecule has 0 spiro atoms. The summed E-state index contributed by atoms with van der Waals surface area (Å²) < 4.78 is 0. The summed E-state index contributed by atoms with van der Waals surface area (Å²) in [4.78, 5) is 19.3. The van der Waals surface area contributed by atoms with Gasteiger partial charge in [-0.1, -0.05) is 71.7 Å². The fourth-order valence-corrected chi connectivity index (χ4v) is 5.63. The van der Waals surface area contributed by atoms with Crippen LogP contribution in [0.5, 0.6) is 0 Å². The number of Topliss-reactive ketones (excluding diaryl/α,β-unsaturated/α-hetero) is 1. The normalized spacial score (nSPS) is 20.4. The van der Waals surface area contributed by atoms with Crippen LogP contribution < -0.4 is 0 Å². The van der Waals surface area contributed by atoms with Crippen LogP contribution in [-0.2, 0) is 0 Å². The number of hydrogen-bond donors (Lipinski definition) is 0. The first-order valence-electron chi connectivity index (χ1n) is 8.57. The van der Waals surface area contributed by atoms with E-state index < -0.39 is 5.92 Å². The number of carbonyl (C=O) groups excluding carboxylic acids is 1. The molecule has 3 aromatic carbocycles. The molecule has 0 fully saturated rings. The summed E-state index contributed by atoms with van der Waals surface area (Å²) in [5.41, 5.74) is 4.20. The largest absolute Gasteiger partial charge is 0.293 e. The van der Waals surface area contributed by atoms with E-state index in [4.69, 9.17) is 28.2 Å². The number of halogens is 2. The standard InChI is InChI=1S/C22H13Cl2NOS/c23-15-9-5-8-14(19(15)24)22-18-20(12-6-1-2-7-13(12)21(18)26)25-16-10-3-4-11-17(16)27-22/h1-11,18,22H/t18-,22+/m1/s1. The van der Waals surface area contributed by atoms with Gasteiger partial charge in [0, 0.05) is 16.0 Å². The van der Waals surface area contributed by atoms with E-state index in [9.17, 15) is 4.79 Å². The average Bonchev–Trinajstić information content (AvgIpc) is 2.85. The van der Waals surface area contributed by atoms with Crippen molar-refractivity contribution in [2.75, 3.05) is 0 Å². The van der Waals surface area contributed by atoms with Crippen molar-refractivity contribution in [3.05, 3.63) is 93.5 Å². The number of aliphatic imine (C=N–C) groups is 1. The van der Waals surface area contributed by atoms with Crippen LogP contribution in [0.2, 0.25) is 10.0 Å². The molecule has 2 aliphatic rings. The Hall–Kier alpha value is -2.07. The molecule has 132 valence electrons. The van der Waals surface area contributed by atoms with Gasteiger partial charge in [-0.3, -0.25) is 9.79 Å². The molecule has 0 radical (unpaired) electrons. The summed E-state index contributed by atoms with van der Waals surface area (Å²) in [7, 11) is 0. The maximum absolute atomic E-state index is 13.3. The van der Waals surface area contributed by atoms with Gasteiger partial charge in [0.2, 0.25) is 0 Å². The van der Waals surface area contributed by atoms with Crippen LogP contribution in [0.1, 0.15) is 26.7 Å². The third kappa shape index (κ3) is 2.65. The number of fused-ring (bicyclic) bond motifs is 4. The van der Waals surface area contributed by atoms with E-state index in [1.807, 2.05) is 60.7 Å². The SMILES string of the molecule is O=C1c2ccccc2C2=Nc3ccccc3S[C@@H](c3cccc(Cl)c3Cl)[C@@H]12. The van der Waals surface area contributed by atoms with Gasteiger partial charge in [0.1, 0.15) is 0 Å². The zero-order chi connectivity index (χ0) is 18.5. The number of ketones is 1. The summed E-state index contributed by atoms with van der Waals surface area (Å²) in [6.07, 6.45) is 0. The Bertz CT molecular complexity index is 1120. The van der Waals surface area contributed by atoms with Crippen LogP contribution >= 0.6 is 35.0 Å². The number of carbonyl (C=O) groups is 1. The van der Waals surface area contributed by atoms with Crippen LogP contribution in [0.4, 0.5) is 5.69 Å². The number of thioether (sulfide) groups is 1. The Morgan fingerprint density at radius 2 is 1.59 bits per heavy atom. The van der Waals surface area contributed by atoms with Gasteiger partial charge in [0.25, 0.3) is 0 Å². The maximum atomic E-state index is 13.3. The molecule has 0 saturated heterocycles. The molecule has 1 aliphatic heterocycles. The van der Waals surface area contributed by atoms with Gasteiger partial charge < -0.3 is 0 Å². The summed E-state index contributed by atoms with van der Waals surface area (Å²) in [5.74, 6) is -0.304. The number of hydrogen-bond acceptors (Lipinski definition) is 3. The first-order chi connectivity index (χ1) is 13.1. The lowest BCUT2D eigenvalue weighted by Crippen LogP contribution is -2.22. The van der Waals surface area contributed by atoms with Gasteiger partial charge in [0.05, 0.1) is 32.6 Å². The first kappa shape index (κ1) is 17.1. The molecule has 0 saturated carbocycles. The molecule has 5 heteroatoms. The van der Waals surface area contributed by atoms with Gasteiger partial charge in [0.15, 0.2) is 5.78 Å². The van der Waals surface area contributed by atoms with Crippen molar-refractivity contribution in [1.29, 1.82) is 0 Å². The Kier molecular flexibility index (Phi) is 4.12. The highest BCUT2D eigenvalue weighted by Crippen LogP contribution is 2.53. The Morgan fingerprint density at radius 1 is 0.852 bits per heavy atom. The van der Waals surface area contributed by atoms with E-state index in [2.05, 4.69) is 0 Å². The minimum absolute atomic E-state index is 0.0886. The molecule has 5 rings (SSSR count). The molecule has 1 aliphatic carbocycles. The van der Waals surface area contributed by atoms with Crippen molar-refractivity contribution in [3.63, 3.8) is 0 Å². The fraction of sp³-hybridized carbons (Fsp3) is 0.0909. The van der Waals surface area contributed by atoms with E-state index in [0.717, 1.165) is 33.0 Å². The lowest BCUT2D eigenvalue weighted by molar-refractivity contribution is 0.0960. The molecule has 2 nitrogen and oxygen atoms in total. The molecule has 0 unspecified atom stereocenters. The molecule has 1 heterocycles.